The number of carbonyl (C=O) groups excluding carboxylic acids is 2. The Bertz CT molecular complexity index is 1020. The zero-order valence-electron chi connectivity index (χ0n) is 21.3. The Labute approximate surface area is 213 Å². The van der Waals surface area contributed by atoms with Gasteiger partial charge in [0, 0.05) is 52.4 Å². The molecule has 2 saturated heterocycles. The van der Waals surface area contributed by atoms with Gasteiger partial charge in [-0.1, -0.05) is 36.4 Å². The van der Waals surface area contributed by atoms with Gasteiger partial charge in [0.25, 0.3) is 0 Å². The van der Waals surface area contributed by atoms with E-state index in [1.54, 1.807) is 6.07 Å². The highest BCUT2D eigenvalue weighted by atomic mass is 19.1. The maximum Gasteiger partial charge on any atom is 0.244 e. The van der Waals surface area contributed by atoms with E-state index < -0.39 is 0 Å². The van der Waals surface area contributed by atoms with Gasteiger partial charge in [-0.15, -0.1) is 0 Å². The standard InChI is InChI=1S/C28H37FN4O3/c1-3-31(4-2)28(35)26(22-8-6-5-7-9-22)33-15-13-32(14-16-33)25-11-10-21(18-24(25)29)19-30-27(34)23-12-17-36-20-23/h5-11,18,23,26H,3-4,12-17,19-20H2,1-2H3,(H,30,34)/t23-,26?/m0/s1. The second-order valence-electron chi connectivity index (χ2n) is 9.41. The van der Waals surface area contributed by atoms with Crippen LogP contribution in [-0.2, 0) is 20.9 Å². The Hall–Kier alpha value is -2.97. The van der Waals surface area contributed by atoms with Crippen LogP contribution in [0.3, 0.4) is 0 Å². The number of hydrogen-bond donors (Lipinski definition) is 1. The summed E-state index contributed by atoms with van der Waals surface area (Å²) in [5.41, 5.74) is 2.28. The lowest BCUT2D eigenvalue weighted by Gasteiger charge is -2.41. The summed E-state index contributed by atoms with van der Waals surface area (Å²) in [5, 5.41) is 2.89. The summed E-state index contributed by atoms with van der Waals surface area (Å²) in [5.74, 6) is -0.335. The maximum absolute atomic E-state index is 15.1. The molecule has 0 radical (unpaired) electrons. The Morgan fingerprint density at radius 3 is 2.42 bits per heavy atom. The van der Waals surface area contributed by atoms with E-state index in [-0.39, 0.29) is 29.6 Å². The average Bonchev–Trinajstić information content (AvgIpc) is 3.45. The minimum absolute atomic E-state index is 0.0414. The molecule has 1 unspecified atom stereocenters. The van der Waals surface area contributed by atoms with Gasteiger partial charge in [-0.3, -0.25) is 14.5 Å². The van der Waals surface area contributed by atoms with E-state index >= 15 is 4.39 Å². The minimum Gasteiger partial charge on any atom is -0.381 e. The van der Waals surface area contributed by atoms with Crippen molar-refractivity contribution in [2.24, 2.45) is 5.92 Å². The SMILES string of the molecule is CCN(CC)C(=O)C(c1ccccc1)N1CCN(c2ccc(CNC(=O)[C@H]3CCOC3)cc2F)CC1. The van der Waals surface area contributed by atoms with Gasteiger partial charge in [-0.25, -0.2) is 4.39 Å². The molecule has 7 nitrogen and oxygen atoms in total. The highest BCUT2D eigenvalue weighted by Gasteiger charge is 2.33. The quantitative estimate of drug-likeness (QED) is 0.578. The summed E-state index contributed by atoms with van der Waals surface area (Å²) in [7, 11) is 0. The zero-order valence-corrected chi connectivity index (χ0v) is 21.3. The Morgan fingerprint density at radius 1 is 1.08 bits per heavy atom. The maximum atomic E-state index is 15.1. The molecule has 0 aliphatic carbocycles. The molecule has 2 amide bonds. The fourth-order valence-electron chi connectivity index (χ4n) is 5.07. The van der Waals surface area contributed by atoms with Gasteiger partial charge in [0.1, 0.15) is 11.9 Å². The van der Waals surface area contributed by atoms with Crippen LogP contribution >= 0.6 is 0 Å². The molecule has 0 bridgehead atoms. The molecule has 2 aliphatic rings. The number of nitrogens with one attached hydrogen (secondary N) is 1. The van der Waals surface area contributed by atoms with Crippen LogP contribution in [-0.4, -0.2) is 74.1 Å². The summed E-state index contributed by atoms with van der Waals surface area (Å²) in [6, 6.07) is 14.7. The first-order valence-corrected chi connectivity index (χ1v) is 13.0. The van der Waals surface area contributed by atoms with Crippen LogP contribution in [0.1, 0.15) is 37.4 Å². The molecule has 8 heteroatoms. The lowest BCUT2D eigenvalue weighted by atomic mass is 10.0. The van der Waals surface area contributed by atoms with Crippen molar-refractivity contribution in [2.45, 2.75) is 32.9 Å². The second-order valence-corrected chi connectivity index (χ2v) is 9.41. The van der Waals surface area contributed by atoms with E-state index in [0.717, 1.165) is 17.5 Å². The van der Waals surface area contributed by atoms with Crippen molar-refractivity contribution in [3.63, 3.8) is 0 Å². The number of hydrogen-bond acceptors (Lipinski definition) is 5. The first kappa shape index (κ1) is 26.1. The molecule has 0 spiro atoms. The highest BCUT2D eigenvalue weighted by molar-refractivity contribution is 5.83. The van der Waals surface area contributed by atoms with E-state index in [2.05, 4.69) is 10.2 Å². The van der Waals surface area contributed by atoms with Crippen LogP contribution in [0.25, 0.3) is 0 Å². The van der Waals surface area contributed by atoms with Crippen molar-refractivity contribution in [1.82, 2.24) is 15.1 Å². The van der Waals surface area contributed by atoms with Crippen molar-refractivity contribution in [1.29, 1.82) is 0 Å². The van der Waals surface area contributed by atoms with E-state index in [0.29, 0.717) is 64.7 Å². The monoisotopic (exact) mass is 496 g/mol. The summed E-state index contributed by atoms with van der Waals surface area (Å²) < 4.78 is 20.3. The number of halogens is 1. The van der Waals surface area contributed by atoms with Gasteiger partial charge in [0.15, 0.2) is 0 Å². The topological polar surface area (TPSA) is 65.1 Å². The highest BCUT2D eigenvalue weighted by Crippen LogP contribution is 2.28. The molecule has 0 aromatic heterocycles. The van der Waals surface area contributed by atoms with E-state index in [1.165, 1.54) is 6.07 Å². The molecular weight excluding hydrogens is 459 g/mol. The minimum atomic E-state index is -0.339. The molecule has 0 saturated carbocycles. The number of rotatable bonds is 9. The number of amides is 2. The summed E-state index contributed by atoms with van der Waals surface area (Å²) >= 11 is 0. The predicted octanol–water partition coefficient (Wildman–Crippen LogP) is 3.21. The molecule has 2 aromatic rings. The molecule has 2 heterocycles. The molecule has 2 aliphatic heterocycles. The van der Waals surface area contributed by atoms with Crippen molar-refractivity contribution < 1.29 is 18.7 Å². The number of piperazine rings is 1. The zero-order chi connectivity index (χ0) is 25.5. The molecule has 194 valence electrons. The molecule has 1 N–H and O–H groups in total. The van der Waals surface area contributed by atoms with Crippen molar-refractivity contribution >= 4 is 17.5 Å². The second kappa shape index (κ2) is 12.3. The van der Waals surface area contributed by atoms with Gasteiger partial charge in [-0.2, -0.15) is 0 Å². The van der Waals surface area contributed by atoms with Gasteiger partial charge in [-0.05, 0) is 43.5 Å². The summed E-state index contributed by atoms with van der Waals surface area (Å²) in [6.07, 6.45) is 0.733. The van der Waals surface area contributed by atoms with E-state index in [4.69, 9.17) is 4.74 Å². The molecule has 2 aromatic carbocycles. The third kappa shape index (κ3) is 6.05. The number of benzene rings is 2. The Balaban J connectivity index is 1.39. The van der Waals surface area contributed by atoms with Gasteiger partial charge < -0.3 is 19.9 Å². The van der Waals surface area contributed by atoms with Crippen LogP contribution < -0.4 is 10.2 Å². The van der Waals surface area contributed by atoms with Crippen molar-refractivity contribution in [3.8, 4) is 0 Å². The lowest BCUT2D eigenvalue weighted by Crippen LogP contribution is -2.52. The van der Waals surface area contributed by atoms with Gasteiger partial charge >= 0.3 is 0 Å². The molecule has 2 fully saturated rings. The third-order valence-electron chi connectivity index (χ3n) is 7.22. The van der Waals surface area contributed by atoms with Crippen LogP contribution in [0, 0.1) is 11.7 Å². The molecular formula is C28H37FN4O3. The number of nitrogens with zero attached hydrogens (tertiary/aromatic N) is 3. The van der Waals surface area contributed by atoms with Gasteiger partial charge in [0.05, 0.1) is 18.2 Å². The van der Waals surface area contributed by atoms with Gasteiger partial charge in [0.2, 0.25) is 11.8 Å². The summed E-state index contributed by atoms with van der Waals surface area (Å²) in [4.78, 5) is 31.7. The average molecular weight is 497 g/mol. The molecule has 2 atom stereocenters. The van der Waals surface area contributed by atoms with Crippen LogP contribution in [0.2, 0.25) is 0 Å². The lowest BCUT2D eigenvalue weighted by molar-refractivity contribution is -0.137. The first-order chi connectivity index (χ1) is 17.5. The Kier molecular flexibility index (Phi) is 8.93. The van der Waals surface area contributed by atoms with Crippen LogP contribution in [0.4, 0.5) is 10.1 Å². The van der Waals surface area contributed by atoms with E-state index in [9.17, 15) is 9.59 Å². The Morgan fingerprint density at radius 2 is 1.81 bits per heavy atom. The van der Waals surface area contributed by atoms with Crippen LogP contribution in [0.5, 0.6) is 0 Å². The number of ether oxygens (including phenoxy) is 1. The van der Waals surface area contributed by atoms with E-state index in [1.807, 2.05) is 60.0 Å². The summed E-state index contributed by atoms with van der Waals surface area (Å²) in [6.45, 7) is 9.29. The first-order valence-electron chi connectivity index (χ1n) is 13.0. The normalized spacial score (nSPS) is 19.2. The van der Waals surface area contributed by atoms with Crippen LogP contribution in [0.15, 0.2) is 48.5 Å². The number of likely N-dealkylation sites (N-methyl/N-ethyl adjacent to an activating group) is 1. The fraction of sp³-hybridized carbons (Fsp3) is 0.500. The molecule has 36 heavy (non-hydrogen) atoms. The fourth-order valence-corrected chi connectivity index (χ4v) is 5.07. The number of anilines is 1. The molecule has 4 rings (SSSR count). The number of carbonyl (C=O) groups is 2. The van der Waals surface area contributed by atoms with Crippen molar-refractivity contribution in [3.05, 3.63) is 65.5 Å². The largest absolute Gasteiger partial charge is 0.381 e. The smallest absolute Gasteiger partial charge is 0.244 e. The predicted molar refractivity (Wildman–Crippen MR) is 138 cm³/mol. The third-order valence-corrected chi connectivity index (χ3v) is 7.22. The van der Waals surface area contributed by atoms with Crippen molar-refractivity contribution in [2.75, 3.05) is 57.4 Å².